The summed E-state index contributed by atoms with van der Waals surface area (Å²) in [4.78, 5) is 0. The van der Waals surface area contributed by atoms with E-state index in [1.54, 1.807) is 6.07 Å². The second kappa shape index (κ2) is 10.5. The highest BCUT2D eigenvalue weighted by Gasteiger charge is 2.44. The molecule has 24 heavy (non-hydrogen) atoms. The minimum absolute atomic E-state index is 0.0320. The van der Waals surface area contributed by atoms with Crippen LogP contribution >= 0.6 is 0 Å². The molecule has 0 saturated carbocycles. The third-order valence-corrected chi connectivity index (χ3v) is 3.63. The second-order valence-corrected chi connectivity index (χ2v) is 5.57. The minimum atomic E-state index is -3.13. The molecular formula is C16H21F7N+. The standard InChI is InChI=1S/C16H21F7N/c17-7-3-2-6-11(18)13(20)15(22)16(23)14(21)12(19)10-24-8-4-1-5-9-24/h1,4-5,8-9,11-16H,2-3,6-7,10H2/q+1. The Kier molecular flexibility index (Phi) is 9.07. The minimum Gasteiger partial charge on any atom is -0.251 e. The van der Waals surface area contributed by atoms with Gasteiger partial charge in [0.25, 0.3) is 0 Å². The molecule has 0 fully saturated rings. The molecule has 1 heterocycles. The van der Waals surface area contributed by atoms with E-state index in [9.17, 15) is 30.7 Å². The lowest BCUT2D eigenvalue weighted by Gasteiger charge is -2.23. The summed E-state index contributed by atoms with van der Waals surface area (Å²) in [7, 11) is 0. The molecule has 0 aliphatic rings. The lowest BCUT2D eigenvalue weighted by atomic mass is 9.99. The van der Waals surface area contributed by atoms with Crippen LogP contribution in [0.3, 0.4) is 0 Å². The van der Waals surface area contributed by atoms with Crippen molar-refractivity contribution in [1.29, 1.82) is 0 Å². The van der Waals surface area contributed by atoms with Gasteiger partial charge in [-0.05, 0) is 19.3 Å². The number of aromatic nitrogens is 1. The van der Waals surface area contributed by atoms with E-state index in [0.29, 0.717) is 0 Å². The molecule has 6 unspecified atom stereocenters. The van der Waals surface area contributed by atoms with E-state index in [-0.39, 0.29) is 12.8 Å². The Hall–Kier alpha value is -1.34. The van der Waals surface area contributed by atoms with Crippen LogP contribution in [0, 0.1) is 0 Å². The van der Waals surface area contributed by atoms with Crippen molar-refractivity contribution in [3.63, 3.8) is 0 Å². The highest BCUT2D eigenvalue weighted by Crippen LogP contribution is 2.26. The maximum absolute atomic E-state index is 13.7. The van der Waals surface area contributed by atoms with Crippen molar-refractivity contribution in [2.75, 3.05) is 6.67 Å². The van der Waals surface area contributed by atoms with E-state index in [4.69, 9.17) is 0 Å². The second-order valence-electron chi connectivity index (χ2n) is 5.57. The van der Waals surface area contributed by atoms with Crippen LogP contribution in [0.1, 0.15) is 19.3 Å². The first-order valence-electron chi connectivity index (χ1n) is 7.73. The molecule has 138 valence electrons. The number of halogens is 7. The number of unbranched alkanes of at least 4 members (excludes halogenated alkanes) is 1. The van der Waals surface area contributed by atoms with Crippen LogP contribution in [0.15, 0.2) is 30.6 Å². The van der Waals surface area contributed by atoms with Gasteiger partial charge in [0.1, 0.15) is 6.17 Å². The van der Waals surface area contributed by atoms with Crippen molar-refractivity contribution >= 4 is 0 Å². The summed E-state index contributed by atoms with van der Waals surface area (Å²) >= 11 is 0. The summed E-state index contributed by atoms with van der Waals surface area (Å²) in [5.74, 6) is 0. The molecular weight excluding hydrogens is 339 g/mol. The summed E-state index contributed by atoms with van der Waals surface area (Å²) in [6, 6.07) is 4.70. The molecule has 6 atom stereocenters. The van der Waals surface area contributed by atoms with Gasteiger partial charge in [-0.1, -0.05) is 6.07 Å². The molecule has 0 amide bonds. The van der Waals surface area contributed by atoms with Gasteiger partial charge in [-0.25, -0.2) is 30.9 Å². The van der Waals surface area contributed by atoms with Gasteiger partial charge >= 0.3 is 0 Å². The van der Waals surface area contributed by atoms with Crippen LogP contribution in [-0.2, 0) is 6.54 Å². The highest BCUT2D eigenvalue weighted by atomic mass is 19.2. The van der Waals surface area contributed by atoms with Crippen LogP contribution in [0.5, 0.6) is 0 Å². The Morgan fingerprint density at radius 1 is 0.667 bits per heavy atom. The average Bonchev–Trinajstić information content (AvgIpc) is 2.60. The van der Waals surface area contributed by atoms with Crippen molar-refractivity contribution in [1.82, 2.24) is 0 Å². The summed E-state index contributed by atoms with van der Waals surface area (Å²) in [6.07, 6.45) is -14.7. The molecule has 0 saturated heterocycles. The molecule has 1 nitrogen and oxygen atoms in total. The van der Waals surface area contributed by atoms with Crippen molar-refractivity contribution in [3.05, 3.63) is 30.6 Å². The number of pyridine rings is 1. The first-order chi connectivity index (χ1) is 11.4. The van der Waals surface area contributed by atoms with Crippen molar-refractivity contribution in [2.24, 2.45) is 0 Å². The van der Waals surface area contributed by atoms with Crippen molar-refractivity contribution < 1.29 is 35.3 Å². The molecule has 0 N–H and O–H groups in total. The van der Waals surface area contributed by atoms with E-state index >= 15 is 0 Å². The van der Waals surface area contributed by atoms with Gasteiger partial charge in [0.15, 0.2) is 49.8 Å². The van der Waals surface area contributed by atoms with Crippen LogP contribution in [0.4, 0.5) is 30.7 Å². The zero-order valence-corrected chi connectivity index (χ0v) is 13.0. The zero-order chi connectivity index (χ0) is 18.1. The molecule has 1 rings (SSSR count). The predicted molar refractivity (Wildman–Crippen MR) is 75.8 cm³/mol. The number of rotatable bonds is 11. The van der Waals surface area contributed by atoms with Crippen molar-refractivity contribution in [2.45, 2.75) is 62.8 Å². The monoisotopic (exact) mass is 360 g/mol. The van der Waals surface area contributed by atoms with Gasteiger partial charge in [-0.2, -0.15) is 0 Å². The molecule has 0 bridgehead atoms. The topological polar surface area (TPSA) is 3.88 Å². The van der Waals surface area contributed by atoms with Crippen LogP contribution < -0.4 is 4.57 Å². The summed E-state index contributed by atoms with van der Waals surface area (Å²) < 4.78 is 94.8. The molecule has 1 aromatic heterocycles. The SMILES string of the molecule is FCCCCC(F)C(F)C(F)C(F)C(F)C(F)C[n+]1ccccc1. The van der Waals surface area contributed by atoms with E-state index in [0.717, 1.165) is 0 Å². The maximum Gasteiger partial charge on any atom is 0.192 e. The Bertz CT molecular complexity index is 447. The summed E-state index contributed by atoms with van der Waals surface area (Å²) in [5, 5.41) is 0. The van der Waals surface area contributed by atoms with Crippen LogP contribution in [-0.4, -0.2) is 43.7 Å². The van der Waals surface area contributed by atoms with Gasteiger partial charge in [0.05, 0.1) is 6.67 Å². The number of hydrogen-bond acceptors (Lipinski definition) is 0. The molecule has 0 aliphatic heterocycles. The fraction of sp³-hybridized carbons (Fsp3) is 0.688. The fourth-order valence-electron chi connectivity index (χ4n) is 2.20. The third kappa shape index (κ3) is 6.28. The Morgan fingerprint density at radius 3 is 1.75 bits per heavy atom. The molecule has 0 spiro atoms. The quantitative estimate of drug-likeness (QED) is 0.317. The molecule has 0 radical (unpaired) electrons. The molecule has 1 aromatic rings. The smallest absolute Gasteiger partial charge is 0.192 e. The van der Waals surface area contributed by atoms with E-state index in [2.05, 4.69) is 0 Å². The Morgan fingerprint density at radius 2 is 1.21 bits per heavy atom. The number of alkyl halides is 7. The van der Waals surface area contributed by atoms with Crippen LogP contribution in [0.25, 0.3) is 0 Å². The van der Waals surface area contributed by atoms with Crippen molar-refractivity contribution in [3.8, 4) is 0 Å². The number of hydrogen-bond donors (Lipinski definition) is 0. The molecule has 0 aromatic carbocycles. The maximum atomic E-state index is 13.7. The Labute approximate surface area is 136 Å². The van der Waals surface area contributed by atoms with Gasteiger partial charge in [0.2, 0.25) is 0 Å². The number of nitrogens with zero attached hydrogens (tertiary/aromatic N) is 1. The Balaban J connectivity index is 2.54. The van der Waals surface area contributed by atoms with Gasteiger partial charge < -0.3 is 0 Å². The summed E-state index contributed by atoms with van der Waals surface area (Å²) in [6.45, 7) is -1.32. The average molecular weight is 360 g/mol. The fourth-order valence-corrected chi connectivity index (χ4v) is 2.20. The van der Waals surface area contributed by atoms with Gasteiger partial charge in [-0.15, -0.1) is 0 Å². The molecule has 8 heteroatoms. The summed E-state index contributed by atoms with van der Waals surface area (Å²) in [5.41, 5.74) is 0. The van der Waals surface area contributed by atoms with Crippen LogP contribution in [0.2, 0.25) is 0 Å². The first kappa shape index (κ1) is 20.7. The molecule has 0 aliphatic carbocycles. The van der Waals surface area contributed by atoms with E-state index in [1.807, 2.05) is 0 Å². The van der Waals surface area contributed by atoms with Gasteiger partial charge in [0, 0.05) is 12.1 Å². The normalized spacial score (nSPS) is 19.3. The lowest BCUT2D eigenvalue weighted by Crippen LogP contribution is -2.47. The third-order valence-electron chi connectivity index (χ3n) is 3.63. The largest absolute Gasteiger partial charge is 0.251 e. The predicted octanol–water partition coefficient (Wildman–Crippen LogP) is 4.14. The zero-order valence-electron chi connectivity index (χ0n) is 13.0. The first-order valence-corrected chi connectivity index (χ1v) is 7.73. The van der Waals surface area contributed by atoms with E-state index in [1.165, 1.54) is 29.1 Å². The highest BCUT2D eigenvalue weighted by molar-refractivity contribution is 4.89. The lowest BCUT2D eigenvalue weighted by molar-refractivity contribution is -0.702. The van der Waals surface area contributed by atoms with E-state index < -0.39 is 56.7 Å². The van der Waals surface area contributed by atoms with Gasteiger partial charge in [-0.3, -0.25) is 4.39 Å².